The Bertz CT molecular complexity index is 1500. The van der Waals surface area contributed by atoms with Gasteiger partial charge < -0.3 is 25.4 Å². The zero-order chi connectivity index (χ0) is 33.9. The van der Waals surface area contributed by atoms with Gasteiger partial charge in [0.1, 0.15) is 23.4 Å². The molecule has 0 aromatic heterocycles. The van der Waals surface area contributed by atoms with Gasteiger partial charge in [-0.1, -0.05) is 80.1 Å². The van der Waals surface area contributed by atoms with E-state index >= 15 is 0 Å². The van der Waals surface area contributed by atoms with Crippen LogP contribution in [-0.2, 0) is 20.7 Å². The van der Waals surface area contributed by atoms with Crippen molar-refractivity contribution in [1.29, 1.82) is 0 Å². The molecule has 0 saturated heterocycles. The van der Waals surface area contributed by atoms with Gasteiger partial charge in [0, 0.05) is 18.5 Å². The molecular weight excluding hydrogens is 602 g/mol. The summed E-state index contributed by atoms with van der Waals surface area (Å²) in [6, 6.07) is 16.5. The second-order valence-electron chi connectivity index (χ2n) is 12.3. The molecule has 244 valence electrons. The molecule has 3 aromatic rings. The number of halogens is 1. The number of amides is 3. The number of phenolic OH excluding ortho intramolecular Hbond substituents is 1. The highest BCUT2D eigenvalue weighted by atomic mass is 35.5. The number of phenols is 1. The van der Waals surface area contributed by atoms with E-state index in [1.54, 1.807) is 69.3 Å². The molecule has 46 heavy (non-hydrogen) atoms. The molecular formula is C37H44ClN3O5. The van der Waals surface area contributed by atoms with Crippen LogP contribution in [0.2, 0.25) is 5.02 Å². The third kappa shape index (κ3) is 10.6. The van der Waals surface area contributed by atoms with Crippen molar-refractivity contribution in [1.82, 2.24) is 10.2 Å². The third-order valence-electron chi connectivity index (χ3n) is 7.32. The largest absolute Gasteiger partial charge is 0.508 e. The molecule has 0 saturated carbocycles. The lowest BCUT2D eigenvalue weighted by Crippen LogP contribution is -2.53. The molecule has 0 aliphatic carbocycles. The molecule has 3 amide bonds. The Hall–Kier alpha value is -4.48. The highest BCUT2D eigenvalue weighted by molar-refractivity contribution is 6.34. The number of terminal acetylenes is 1. The number of alkyl carbamates (subject to hydrolysis) is 1. The number of ether oxygens (including phenoxy) is 1. The minimum Gasteiger partial charge on any atom is -0.508 e. The van der Waals surface area contributed by atoms with Gasteiger partial charge in [-0.15, -0.1) is 6.42 Å². The summed E-state index contributed by atoms with van der Waals surface area (Å²) in [5.41, 5.74) is 2.28. The molecule has 0 spiro atoms. The first kappa shape index (κ1) is 36.0. The van der Waals surface area contributed by atoms with E-state index < -0.39 is 35.6 Å². The van der Waals surface area contributed by atoms with Crippen molar-refractivity contribution in [3.63, 3.8) is 0 Å². The van der Waals surface area contributed by atoms with Crippen molar-refractivity contribution in [3.05, 3.63) is 94.0 Å². The van der Waals surface area contributed by atoms with Crippen molar-refractivity contribution < 1.29 is 24.2 Å². The summed E-state index contributed by atoms with van der Waals surface area (Å²) in [6.07, 6.45) is 8.37. The van der Waals surface area contributed by atoms with Crippen LogP contribution in [0.15, 0.2) is 66.7 Å². The van der Waals surface area contributed by atoms with Crippen LogP contribution in [0.4, 0.5) is 10.5 Å². The van der Waals surface area contributed by atoms with Gasteiger partial charge in [0.2, 0.25) is 5.91 Å². The van der Waals surface area contributed by atoms with E-state index in [0.29, 0.717) is 33.8 Å². The van der Waals surface area contributed by atoms with E-state index in [4.69, 9.17) is 22.8 Å². The Labute approximate surface area is 277 Å². The Balaban J connectivity index is 2.12. The number of anilines is 1. The zero-order valence-corrected chi connectivity index (χ0v) is 28.0. The van der Waals surface area contributed by atoms with E-state index in [-0.39, 0.29) is 18.7 Å². The average molecular weight is 646 g/mol. The van der Waals surface area contributed by atoms with Crippen LogP contribution in [0, 0.1) is 19.3 Å². The Morgan fingerprint density at radius 1 is 1.00 bits per heavy atom. The molecule has 0 bridgehead atoms. The maximum atomic E-state index is 14.7. The number of benzene rings is 3. The predicted octanol–water partition coefficient (Wildman–Crippen LogP) is 7.56. The Kier molecular flexibility index (Phi) is 13.1. The molecule has 3 rings (SSSR count). The van der Waals surface area contributed by atoms with Crippen LogP contribution in [0.1, 0.15) is 81.7 Å². The van der Waals surface area contributed by atoms with Crippen LogP contribution in [0.3, 0.4) is 0 Å². The second-order valence-corrected chi connectivity index (χ2v) is 12.7. The van der Waals surface area contributed by atoms with Crippen molar-refractivity contribution in [2.45, 2.75) is 84.4 Å². The minimum absolute atomic E-state index is 0.0753. The summed E-state index contributed by atoms with van der Waals surface area (Å²) in [5, 5.41) is 15.9. The molecule has 0 aliphatic rings. The molecule has 3 N–H and O–H groups in total. The number of rotatable bonds is 13. The molecule has 0 fully saturated rings. The van der Waals surface area contributed by atoms with E-state index in [2.05, 4.69) is 23.5 Å². The quantitative estimate of drug-likeness (QED) is 0.131. The third-order valence-corrected chi connectivity index (χ3v) is 7.64. The van der Waals surface area contributed by atoms with E-state index in [1.807, 2.05) is 13.0 Å². The second kappa shape index (κ2) is 16.7. The molecule has 3 aromatic carbocycles. The number of nitrogens with zero attached hydrogens (tertiary/aromatic N) is 1. The van der Waals surface area contributed by atoms with Gasteiger partial charge in [0.05, 0.1) is 10.7 Å². The summed E-state index contributed by atoms with van der Waals surface area (Å²) >= 11 is 6.49. The van der Waals surface area contributed by atoms with Crippen molar-refractivity contribution in [2.75, 3.05) is 11.9 Å². The normalized spacial score (nSPS) is 12.4. The maximum Gasteiger partial charge on any atom is 0.408 e. The van der Waals surface area contributed by atoms with E-state index in [0.717, 1.165) is 24.8 Å². The summed E-state index contributed by atoms with van der Waals surface area (Å²) in [6.45, 7) is 9.39. The summed E-state index contributed by atoms with van der Waals surface area (Å²) in [4.78, 5) is 43.5. The number of hydrogen-bond donors (Lipinski definition) is 3. The maximum absolute atomic E-state index is 14.7. The van der Waals surface area contributed by atoms with Gasteiger partial charge in [-0.25, -0.2) is 4.79 Å². The fraction of sp³-hybridized carbons (Fsp3) is 0.378. The van der Waals surface area contributed by atoms with Crippen LogP contribution >= 0.6 is 11.6 Å². The SMILES string of the molecule is C#Cc1ccc(C(C(=O)Nc2c(C)cccc2Cl)N(CCCCCC)C(=O)C(Cc2ccc(O)cc2)NC(=O)OC(C)(C)C)cc1. The van der Waals surface area contributed by atoms with Crippen LogP contribution in [0.5, 0.6) is 5.75 Å². The fourth-order valence-electron chi connectivity index (χ4n) is 5.01. The fourth-order valence-corrected chi connectivity index (χ4v) is 5.28. The number of unbranched alkanes of at least 4 members (excludes halogenated alkanes) is 3. The standard InChI is InChI=1S/C37H44ClN3O5/c1-7-9-10-11-23-41(35(44)31(39-36(45)46-37(4,5)6)24-27-17-21-29(42)22-18-27)33(28-19-15-26(8-2)16-20-28)34(43)40-32-25(3)13-12-14-30(32)38/h2,12-22,31,33,42H,7,9-11,23-24H2,1,3-6H3,(H,39,45)(H,40,43). The van der Waals surface area contributed by atoms with E-state index in [9.17, 15) is 19.5 Å². The van der Waals surface area contributed by atoms with Crippen LogP contribution in [0.25, 0.3) is 0 Å². The number of nitrogens with one attached hydrogen (secondary N) is 2. The highest BCUT2D eigenvalue weighted by Gasteiger charge is 2.36. The zero-order valence-electron chi connectivity index (χ0n) is 27.2. The van der Waals surface area contributed by atoms with Crippen molar-refractivity contribution in [2.24, 2.45) is 0 Å². The summed E-state index contributed by atoms with van der Waals surface area (Å²) in [7, 11) is 0. The Morgan fingerprint density at radius 3 is 2.26 bits per heavy atom. The van der Waals surface area contributed by atoms with Gasteiger partial charge in [-0.3, -0.25) is 9.59 Å². The predicted molar refractivity (Wildman–Crippen MR) is 183 cm³/mol. The number of para-hydroxylation sites is 1. The summed E-state index contributed by atoms with van der Waals surface area (Å²) in [5.74, 6) is 1.74. The number of carbonyl (C=O) groups is 3. The lowest BCUT2D eigenvalue weighted by molar-refractivity contribution is -0.140. The number of carbonyl (C=O) groups excluding carboxylic acids is 3. The molecule has 9 heteroatoms. The monoisotopic (exact) mass is 645 g/mol. The highest BCUT2D eigenvalue weighted by Crippen LogP contribution is 2.30. The molecule has 0 aliphatic heterocycles. The van der Waals surface area contributed by atoms with Crippen LogP contribution in [-0.4, -0.2) is 46.1 Å². The number of aromatic hydroxyl groups is 1. The molecule has 0 radical (unpaired) electrons. The first-order chi connectivity index (χ1) is 21.8. The Morgan fingerprint density at radius 2 is 1.67 bits per heavy atom. The van der Waals surface area contributed by atoms with Crippen molar-refractivity contribution in [3.8, 4) is 18.1 Å². The summed E-state index contributed by atoms with van der Waals surface area (Å²) < 4.78 is 5.52. The van der Waals surface area contributed by atoms with E-state index in [1.165, 1.54) is 17.0 Å². The van der Waals surface area contributed by atoms with Gasteiger partial charge in [-0.05, 0) is 81.1 Å². The van der Waals surface area contributed by atoms with Crippen LogP contribution < -0.4 is 10.6 Å². The minimum atomic E-state index is -1.09. The lowest BCUT2D eigenvalue weighted by Gasteiger charge is -2.35. The smallest absolute Gasteiger partial charge is 0.408 e. The number of aryl methyl sites for hydroxylation is 1. The average Bonchev–Trinajstić information content (AvgIpc) is 3.00. The van der Waals surface area contributed by atoms with Crippen molar-refractivity contribution >= 4 is 35.2 Å². The molecule has 0 heterocycles. The lowest BCUT2D eigenvalue weighted by atomic mass is 9.98. The first-order valence-corrected chi connectivity index (χ1v) is 15.9. The molecule has 2 atom stereocenters. The van der Waals surface area contributed by atoms with Gasteiger partial charge in [0.15, 0.2) is 0 Å². The van der Waals surface area contributed by atoms with Gasteiger partial charge in [-0.2, -0.15) is 0 Å². The molecule has 2 unspecified atom stereocenters. The first-order valence-electron chi connectivity index (χ1n) is 15.5. The van der Waals surface area contributed by atoms with Gasteiger partial charge in [0.25, 0.3) is 5.91 Å². The topological polar surface area (TPSA) is 108 Å². The number of hydrogen-bond acceptors (Lipinski definition) is 5. The van der Waals surface area contributed by atoms with Gasteiger partial charge >= 0.3 is 6.09 Å². The molecule has 8 nitrogen and oxygen atoms in total.